The van der Waals surface area contributed by atoms with E-state index < -0.39 is 5.97 Å². The van der Waals surface area contributed by atoms with Gasteiger partial charge in [0.15, 0.2) is 0 Å². The molecule has 0 fully saturated rings. The second-order valence-electron chi connectivity index (χ2n) is 4.55. The Morgan fingerprint density at radius 1 is 1.29 bits per heavy atom. The average Bonchev–Trinajstić information content (AvgIpc) is 2.51. The molecule has 0 bridgehead atoms. The van der Waals surface area contributed by atoms with Crippen LogP contribution in [0.15, 0.2) is 47.8 Å². The van der Waals surface area contributed by atoms with E-state index in [0.29, 0.717) is 11.1 Å². The van der Waals surface area contributed by atoms with Crippen LogP contribution in [0.1, 0.15) is 21.5 Å². The number of carbonyl (C=O) groups excluding carboxylic acids is 1. The van der Waals surface area contributed by atoms with Gasteiger partial charge in [-0.15, -0.1) is 0 Å². The number of ether oxygens (including phenoxy) is 1. The first kappa shape index (κ1) is 14.6. The van der Waals surface area contributed by atoms with Gasteiger partial charge in [0, 0.05) is 18.7 Å². The number of aromatic nitrogens is 1. The van der Waals surface area contributed by atoms with E-state index in [1.54, 1.807) is 0 Å². The van der Waals surface area contributed by atoms with E-state index in [-0.39, 0.29) is 16.9 Å². The van der Waals surface area contributed by atoms with Crippen molar-refractivity contribution in [1.29, 1.82) is 0 Å². The van der Waals surface area contributed by atoms with Gasteiger partial charge in [-0.2, -0.15) is 0 Å². The molecule has 2 N–H and O–H groups in total. The third-order valence-electron chi connectivity index (χ3n) is 3.32. The molecular formula is C16H16N2O3. The van der Waals surface area contributed by atoms with E-state index >= 15 is 0 Å². The number of carbonyl (C=O) groups is 1. The second kappa shape index (κ2) is 5.66. The summed E-state index contributed by atoms with van der Waals surface area (Å²) in [5.41, 5.74) is 7.46. The number of hydrogen-bond acceptors (Lipinski definition) is 4. The number of anilines is 1. The Kier molecular flexibility index (Phi) is 3.93. The van der Waals surface area contributed by atoms with Crippen molar-refractivity contribution in [2.45, 2.75) is 0 Å². The second-order valence-corrected chi connectivity index (χ2v) is 4.55. The van der Waals surface area contributed by atoms with Gasteiger partial charge >= 0.3 is 5.97 Å². The van der Waals surface area contributed by atoms with Crippen LogP contribution in [0.4, 0.5) is 5.82 Å². The lowest BCUT2D eigenvalue weighted by atomic mass is 9.96. The molecule has 0 radical (unpaired) electrons. The number of hydrogen-bond donors (Lipinski definition) is 1. The summed E-state index contributed by atoms with van der Waals surface area (Å²) in [7, 11) is 2.76. The van der Waals surface area contributed by atoms with Crippen molar-refractivity contribution in [3.8, 4) is 0 Å². The summed E-state index contributed by atoms with van der Waals surface area (Å²) in [6.07, 6.45) is 0. The lowest BCUT2D eigenvalue weighted by Gasteiger charge is -2.15. The Labute approximate surface area is 122 Å². The summed E-state index contributed by atoms with van der Waals surface area (Å²) in [6.45, 7) is 3.97. The molecule has 0 amide bonds. The maximum atomic E-state index is 12.0. The SMILES string of the molecule is C=C(c1ccccc1)c1cc(=O)n(C)c(N)c1C(=O)OC. The van der Waals surface area contributed by atoms with Gasteiger partial charge in [0.05, 0.1) is 7.11 Å². The van der Waals surface area contributed by atoms with Crippen molar-refractivity contribution in [3.05, 3.63) is 70.0 Å². The topological polar surface area (TPSA) is 74.3 Å². The van der Waals surface area contributed by atoms with Crippen molar-refractivity contribution in [3.63, 3.8) is 0 Å². The van der Waals surface area contributed by atoms with Gasteiger partial charge in [-0.25, -0.2) is 4.79 Å². The minimum atomic E-state index is -0.602. The molecule has 2 rings (SSSR count). The van der Waals surface area contributed by atoms with E-state index in [4.69, 9.17) is 10.5 Å². The summed E-state index contributed by atoms with van der Waals surface area (Å²) >= 11 is 0. The number of methoxy groups -OCH3 is 1. The maximum absolute atomic E-state index is 12.0. The third kappa shape index (κ3) is 2.58. The Hall–Kier alpha value is -2.82. The van der Waals surface area contributed by atoms with Gasteiger partial charge in [-0.3, -0.25) is 9.36 Å². The van der Waals surface area contributed by atoms with Crippen LogP contribution in [-0.4, -0.2) is 17.6 Å². The minimum Gasteiger partial charge on any atom is -0.465 e. The molecule has 0 aliphatic heterocycles. The minimum absolute atomic E-state index is 0.0569. The van der Waals surface area contributed by atoms with E-state index in [9.17, 15) is 9.59 Å². The lowest BCUT2D eigenvalue weighted by molar-refractivity contribution is 0.0601. The zero-order chi connectivity index (χ0) is 15.6. The van der Waals surface area contributed by atoms with Crippen molar-refractivity contribution in [2.75, 3.05) is 12.8 Å². The molecule has 0 saturated heterocycles. The highest BCUT2D eigenvalue weighted by Crippen LogP contribution is 2.27. The van der Waals surface area contributed by atoms with E-state index in [1.165, 1.54) is 24.8 Å². The fourth-order valence-electron chi connectivity index (χ4n) is 2.07. The van der Waals surface area contributed by atoms with Crippen LogP contribution in [0.3, 0.4) is 0 Å². The first-order valence-electron chi connectivity index (χ1n) is 6.30. The van der Waals surface area contributed by atoms with Gasteiger partial charge in [0.1, 0.15) is 11.4 Å². The highest BCUT2D eigenvalue weighted by Gasteiger charge is 2.21. The number of esters is 1. The van der Waals surface area contributed by atoms with E-state index in [0.717, 1.165) is 5.56 Å². The van der Waals surface area contributed by atoms with Crippen LogP contribution in [0, 0.1) is 0 Å². The number of benzene rings is 1. The zero-order valence-electron chi connectivity index (χ0n) is 11.9. The summed E-state index contributed by atoms with van der Waals surface area (Å²) in [5, 5.41) is 0. The molecule has 0 aliphatic rings. The first-order chi connectivity index (χ1) is 9.97. The van der Waals surface area contributed by atoms with E-state index in [2.05, 4.69) is 6.58 Å². The highest BCUT2D eigenvalue weighted by atomic mass is 16.5. The number of nitrogens with two attached hydrogens (primary N) is 1. The van der Waals surface area contributed by atoms with E-state index in [1.807, 2.05) is 30.3 Å². The fraction of sp³-hybridized carbons (Fsp3) is 0.125. The Morgan fingerprint density at radius 2 is 1.90 bits per heavy atom. The molecule has 0 spiro atoms. The fourth-order valence-corrected chi connectivity index (χ4v) is 2.07. The Balaban J connectivity index is 2.71. The quantitative estimate of drug-likeness (QED) is 0.872. The molecule has 108 valence electrons. The van der Waals surface area contributed by atoms with Crippen LogP contribution in [-0.2, 0) is 11.8 Å². The van der Waals surface area contributed by atoms with Crippen molar-refractivity contribution < 1.29 is 9.53 Å². The van der Waals surface area contributed by atoms with Crippen LogP contribution in [0.5, 0.6) is 0 Å². The lowest BCUT2D eigenvalue weighted by Crippen LogP contribution is -2.24. The molecule has 0 atom stereocenters. The van der Waals surface area contributed by atoms with Crippen LogP contribution >= 0.6 is 0 Å². The highest BCUT2D eigenvalue weighted by molar-refractivity contribution is 6.01. The first-order valence-corrected chi connectivity index (χ1v) is 6.30. The Morgan fingerprint density at radius 3 is 2.48 bits per heavy atom. The average molecular weight is 284 g/mol. The Bertz CT molecular complexity index is 761. The largest absolute Gasteiger partial charge is 0.465 e. The standard InChI is InChI=1S/C16H16N2O3/c1-10(11-7-5-4-6-8-11)12-9-13(19)18(2)15(17)14(12)16(20)21-3/h4-9H,1,17H2,2-3H3. The molecule has 2 aromatic rings. The number of nitrogens with zero attached hydrogens (tertiary/aromatic N) is 1. The molecular weight excluding hydrogens is 268 g/mol. The predicted octanol–water partition coefficient (Wildman–Crippen LogP) is 1.82. The van der Waals surface area contributed by atoms with Gasteiger partial charge in [0.2, 0.25) is 0 Å². The molecule has 0 aliphatic carbocycles. The predicted molar refractivity (Wildman–Crippen MR) is 82.0 cm³/mol. The number of nitrogen functional groups attached to an aromatic ring is 1. The summed E-state index contributed by atoms with van der Waals surface area (Å²) in [4.78, 5) is 23.9. The summed E-state index contributed by atoms with van der Waals surface area (Å²) in [5.74, 6) is -0.545. The molecule has 1 aromatic heterocycles. The normalized spacial score (nSPS) is 10.2. The molecule has 5 heteroatoms. The summed E-state index contributed by atoms with van der Waals surface area (Å²) < 4.78 is 5.97. The molecule has 1 heterocycles. The van der Waals surface area contributed by atoms with Gasteiger partial charge in [-0.1, -0.05) is 36.9 Å². The van der Waals surface area contributed by atoms with Gasteiger partial charge in [-0.05, 0) is 11.1 Å². The van der Waals surface area contributed by atoms with Gasteiger partial charge in [0.25, 0.3) is 5.56 Å². The van der Waals surface area contributed by atoms with Crippen LogP contribution in [0.25, 0.3) is 5.57 Å². The smallest absolute Gasteiger partial charge is 0.342 e. The van der Waals surface area contributed by atoms with Crippen LogP contribution in [0.2, 0.25) is 0 Å². The molecule has 0 saturated carbocycles. The monoisotopic (exact) mass is 284 g/mol. The zero-order valence-corrected chi connectivity index (χ0v) is 11.9. The number of rotatable bonds is 3. The number of pyridine rings is 1. The molecule has 1 aromatic carbocycles. The molecule has 0 unspecified atom stereocenters. The van der Waals surface area contributed by atoms with Crippen molar-refractivity contribution in [2.24, 2.45) is 7.05 Å². The third-order valence-corrected chi connectivity index (χ3v) is 3.32. The summed E-state index contributed by atoms with van der Waals surface area (Å²) in [6, 6.07) is 10.6. The van der Waals surface area contributed by atoms with Crippen molar-refractivity contribution in [1.82, 2.24) is 4.57 Å². The van der Waals surface area contributed by atoms with Crippen molar-refractivity contribution >= 4 is 17.4 Å². The maximum Gasteiger partial charge on any atom is 0.342 e. The van der Waals surface area contributed by atoms with Crippen LogP contribution < -0.4 is 11.3 Å². The molecule has 21 heavy (non-hydrogen) atoms. The molecule has 5 nitrogen and oxygen atoms in total. The van der Waals surface area contributed by atoms with Gasteiger partial charge < -0.3 is 10.5 Å².